The number of rotatable bonds is 6. The predicted octanol–water partition coefficient (Wildman–Crippen LogP) is 1.73. The fourth-order valence-electron chi connectivity index (χ4n) is 2.07. The molecule has 0 spiro atoms. The molecule has 2 rings (SSSR count). The van der Waals surface area contributed by atoms with E-state index in [2.05, 4.69) is 5.32 Å². The Kier molecular flexibility index (Phi) is 6.13. The minimum absolute atomic E-state index is 0.0296. The van der Waals surface area contributed by atoms with Gasteiger partial charge in [-0.3, -0.25) is 9.52 Å². The molecular formula is C17H18N2O5S. The molecule has 0 bridgehead atoms. The van der Waals surface area contributed by atoms with Crippen molar-refractivity contribution in [3.63, 3.8) is 0 Å². The Labute approximate surface area is 146 Å². The Balaban J connectivity index is 2.07. The number of sulfonamides is 1. The molecule has 1 unspecified atom stereocenters. The van der Waals surface area contributed by atoms with Crippen LogP contribution in [0.3, 0.4) is 0 Å². The SMILES string of the molecule is CS(=O)(=O)NC(=O)C(NC(=O)OCc1ccccc1)c1ccccc1. The summed E-state index contributed by atoms with van der Waals surface area (Å²) in [7, 11) is -3.76. The fraction of sp³-hybridized carbons (Fsp3) is 0.176. The van der Waals surface area contributed by atoms with Crippen LogP contribution in [0.1, 0.15) is 17.2 Å². The van der Waals surface area contributed by atoms with E-state index in [0.29, 0.717) is 5.56 Å². The van der Waals surface area contributed by atoms with Gasteiger partial charge in [0.2, 0.25) is 10.0 Å². The van der Waals surface area contributed by atoms with E-state index in [1.165, 1.54) is 0 Å². The summed E-state index contributed by atoms with van der Waals surface area (Å²) in [4.78, 5) is 24.2. The average Bonchev–Trinajstić information content (AvgIpc) is 2.58. The fourth-order valence-corrected chi connectivity index (χ4v) is 2.55. The van der Waals surface area contributed by atoms with Crippen LogP contribution >= 0.6 is 0 Å². The molecule has 0 saturated carbocycles. The second-order valence-electron chi connectivity index (χ2n) is 5.29. The lowest BCUT2D eigenvalue weighted by molar-refractivity contribution is -0.121. The molecule has 0 aliphatic carbocycles. The summed E-state index contributed by atoms with van der Waals surface area (Å²) in [5.74, 6) is -0.870. The first kappa shape index (κ1) is 18.5. The highest BCUT2D eigenvalue weighted by atomic mass is 32.2. The van der Waals surface area contributed by atoms with Gasteiger partial charge < -0.3 is 10.1 Å². The molecule has 0 radical (unpaired) electrons. The van der Waals surface area contributed by atoms with Crippen LogP contribution in [0.15, 0.2) is 60.7 Å². The molecule has 1 atom stereocenters. The third-order valence-electron chi connectivity index (χ3n) is 3.16. The molecule has 7 nitrogen and oxygen atoms in total. The highest BCUT2D eigenvalue weighted by molar-refractivity contribution is 7.89. The van der Waals surface area contributed by atoms with Crippen LogP contribution < -0.4 is 10.0 Å². The normalized spacial score (nSPS) is 12.0. The average molecular weight is 362 g/mol. The van der Waals surface area contributed by atoms with Crippen LogP contribution in [0.25, 0.3) is 0 Å². The van der Waals surface area contributed by atoms with E-state index in [1.54, 1.807) is 42.5 Å². The lowest BCUT2D eigenvalue weighted by atomic mass is 10.1. The summed E-state index contributed by atoms with van der Waals surface area (Å²) >= 11 is 0. The van der Waals surface area contributed by atoms with Gasteiger partial charge in [-0.15, -0.1) is 0 Å². The van der Waals surface area contributed by atoms with Crippen LogP contribution in [0.5, 0.6) is 0 Å². The van der Waals surface area contributed by atoms with Crippen LogP contribution in [-0.2, 0) is 26.2 Å². The van der Waals surface area contributed by atoms with Crippen LogP contribution in [0.4, 0.5) is 4.79 Å². The molecule has 0 aliphatic heterocycles. The monoisotopic (exact) mass is 362 g/mol. The molecule has 2 aromatic rings. The molecule has 0 heterocycles. The topological polar surface area (TPSA) is 102 Å². The van der Waals surface area contributed by atoms with Crippen molar-refractivity contribution in [2.45, 2.75) is 12.6 Å². The summed E-state index contributed by atoms with van der Waals surface area (Å²) in [6.07, 6.45) is 0.0297. The number of nitrogens with one attached hydrogen (secondary N) is 2. The summed E-state index contributed by atoms with van der Waals surface area (Å²) in [5, 5.41) is 2.39. The van der Waals surface area contributed by atoms with Crippen molar-refractivity contribution >= 4 is 22.0 Å². The van der Waals surface area contributed by atoms with Gasteiger partial charge in [0.25, 0.3) is 5.91 Å². The third kappa shape index (κ3) is 6.27. The number of carbonyl (C=O) groups is 2. The third-order valence-corrected chi connectivity index (χ3v) is 3.73. The van der Waals surface area contributed by atoms with Gasteiger partial charge in [-0.1, -0.05) is 60.7 Å². The van der Waals surface area contributed by atoms with Gasteiger partial charge in [-0.2, -0.15) is 0 Å². The zero-order valence-electron chi connectivity index (χ0n) is 13.5. The number of hydrogen-bond donors (Lipinski definition) is 2. The van der Waals surface area contributed by atoms with Crippen LogP contribution in [-0.4, -0.2) is 26.7 Å². The molecule has 0 aromatic heterocycles. The summed E-state index contributed by atoms with van der Waals surface area (Å²) < 4.78 is 29.5. The number of carbonyl (C=O) groups excluding carboxylic acids is 2. The van der Waals surface area contributed by atoms with Gasteiger partial charge in [0.1, 0.15) is 12.6 Å². The van der Waals surface area contributed by atoms with Gasteiger partial charge >= 0.3 is 6.09 Å². The zero-order chi connectivity index (χ0) is 18.3. The smallest absolute Gasteiger partial charge is 0.408 e. The van der Waals surface area contributed by atoms with Crippen molar-refractivity contribution in [3.8, 4) is 0 Å². The minimum atomic E-state index is -3.76. The van der Waals surface area contributed by atoms with Crippen molar-refractivity contribution in [2.24, 2.45) is 0 Å². The zero-order valence-corrected chi connectivity index (χ0v) is 14.3. The molecule has 0 fully saturated rings. The maximum absolute atomic E-state index is 12.2. The Morgan fingerprint density at radius 3 is 2.12 bits per heavy atom. The molecule has 2 N–H and O–H groups in total. The first-order valence-electron chi connectivity index (χ1n) is 7.39. The largest absolute Gasteiger partial charge is 0.445 e. The molecule has 8 heteroatoms. The quantitative estimate of drug-likeness (QED) is 0.815. The molecule has 25 heavy (non-hydrogen) atoms. The summed E-state index contributed by atoms with van der Waals surface area (Å²) in [5.41, 5.74) is 1.22. The van der Waals surface area contributed by atoms with E-state index in [0.717, 1.165) is 11.8 Å². The second-order valence-corrected chi connectivity index (χ2v) is 7.04. The highest BCUT2D eigenvalue weighted by Gasteiger charge is 2.25. The standard InChI is InChI=1S/C17H18N2O5S/c1-25(22,23)19-16(20)15(14-10-6-3-7-11-14)18-17(21)24-12-13-8-4-2-5-9-13/h2-11,15H,12H2,1H3,(H,18,21)(H,19,20). The molecule has 0 saturated heterocycles. The maximum Gasteiger partial charge on any atom is 0.408 e. The number of ether oxygens (including phenoxy) is 1. The summed E-state index contributed by atoms with van der Waals surface area (Å²) in [6, 6.07) is 16.1. The summed E-state index contributed by atoms with van der Waals surface area (Å²) in [6.45, 7) is 0.0296. The Bertz CT molecular complexity index is 823. The second kappa shape index (κ2) is 8.29. The first-order valence-corrected chi connectivity index (χ1v) is 9.28. The molecular weight excluding hydrogens is 344 g/mol. The van der Waals surface area contributed by atoms with Gasteiger partial charge in [0.05, 0.1) is 6.26 Å². The molecule has 0 aliphatic rings. The lowest BCUT2D eigenvalue weighted by Crippen LogP contribution is -2.42. The number of alkyl carbamates (subject to hydrolysis) is 1. The number of hydrogen-bond acceptors (Lipinski definition) is 5. The van der Waals surface area contributed by atoms with Crippen LogP contribution in [0.2, 0.25) is 0 Å². The Hall–Kier alpha value is -2.87. The van der Waals surface area contributed by atoms with E-state index in [-0.39, 0.29) is 6.61 Å². The van der Waals surface area contributed by atoms with E-state index in [4.69, 9.17) is 4.74 Å². The first-order chi connectivity index (χ1) is 11.8. The predicted molar refractivity (Wildman–Crippen MR) is 91.9 cm³/mol. The Morgan fingerprint density at radius 2 is 1.56 bits per heavy atom. The Morgan fingerprint density at radius 1 is 1.00 bits per heavy atom. The van der Waals surface area contributed by atoms with Crippen LogP contribution in [0, 0.1) is 0 Å². The lowest BCUT2D eigenvalue weighted by Gasteiger charge is -2.18. The van der Waals surface area contributed by atoms with Gasteiger partial charge in [0.15, 0.2) is 0 Å². The molecule has 132 valence electrons. The van der Waals surface area contributed by atoms with Crippen molar-refractivity contribution in [1.82, 2.24) is 10.0 Å². The van der Waals surface area contributed by atoms with Gasteiger partial charge in [-0.05, 0) is 11.1 Å². The minimum Gasteiger partial charge on any atom is -0.445 e. The number of benzene rings is 2. The van der Waals surface area contributed by atoms with Gasteiger partial charge in [-0.25, -0.2) is 13.2 Å². The maximum atomic E-state index is 12.2. The van der Waals surface area contributed by atoms with Crippen molar-refractivity contribution < 1.29 is 22.7 Å². The van der Waals surface area contributed by atoms with E-state index < -0.39 is 28.1 Å². The number of amides is 2. The van der Waals surface area contributed by atoms with E-state index in [1.807, 2.05) is 22.9 Å². The molecule has 2 aromatic carbocycles. The van der Waals surface area contributed by atoms with E-state index in [9.17, 15) is 18.0 Å². The molecule has 2 amide bonds. The van der Waals surface area contributed by atoms with Crippen molar-refractivity contribution in [1.29, 1.82) is 0 Å². The van der Waals surface area contributed by atoms with Crippen molar-refractivity contribution in [3.05, 3.63) is 71.8 Å². The van der Waals surface area contributed by atoms with Crippen molar-refractivity contribution in [2.75, 3.05) is 6.26 Å². The highest BCUT2D eigenvalue weighted by Crippen LogP contribution is 2.13. The van der Waals surface area contributed by atoms with E-state index >= 15 is 0 Å². The van der Waals surface area contributed by atoms with Gasteiger partial charge in [0, 0.05) is 0 Å².